The Bertz CT molecular complexity index is 904. The van der Waals surface area contributed by atoms with Crippen LogP contribution in [0.5, 0.6) is 0 Å². The fourth-order valence-electron chi connectivity index (χ4n) is 2.64. The molecule has 2 aliphatic heterocycles. The van der Waals surface area contributed by atoms with Gasteiger partial charge in [-0.1, -0.05) is 46.3 Å². The molecule has 1 N–H and O–H groups in total. The summed E-state index contributed by atoms with van der Waals surface area (Å²) in [5.41, 5.74) is 2.84. The standard InChI is InChI=1S/C17H12BrN5O/c18-11-6-7-13-12(8-11)16(17(24)19-13)23-22-15-9-14(20-21-15)10-4-2-1-3-5-10/h1-8,14H,9H2,(H,19,23,24)/b22-15-. The van der Waals surface area contributed by atoms with Crippen LogP contribution in [0.4, 0.5) is 5.69 Å². The van der Waals surface area contributed by atoms with Gasteiger partial charge < -0.3 is 5.32 Å². The number of carbonyl (C=O) groups is 1. The number of rotatable bonds is 2. The summed E-state index contributed by atoms with van der Waals surface area (Å²) < 4.78 is 0.878. The number of azo groups is 1. The molecule has 2 aliphatic rings. The average Bonchev–Trinajstić information content (AvgIpc) is 3.18. The predicted octanol–water partition coefficient (Wildman–Crippen LogP) is 4.10. The number of fused-ring (bicyclic) bond motifs is 1. The molecule has 24 heavy (non-hydrogen) atoms. The van der Waals surface area contributed by atoms with E-state index in [4.69, 9.17) is 0 Å². The van der Waals surface area contributed by atoms with Crippen LogP contribution in [0.3, 0.4) is 0 Å². The van der Waals surface area contributed by atoms with Gasteiger partial charge >= 0.3 is 0 Å². The minimum Gasteiger partial charge on any atom is -0.320 e. The Morgan fingerprint density at radius 3 is 2.79 bits per heavy atom. The van der Waals surface area contributed by atoms with Gasteiger partial charge in [-0.15, -0.1) is 15.3 Å². The van der Waals surface area contributed by atoms with E-state index in [2.05, 4.69) is 41.7 Å². The zero-order valence-corrected chi connectivity index (χ0v) is 14.1. The number of amides is 1. The fraction of sp³-hybridized carbons (Fsp3) is 0.118. The molecule has 0 aliphatic carbocycles. The maximum absolute atomic E-state index is 12.1. The third-order valence-corrected chi connectivity index (χ3v) is 4.33. The molecular formula is C17H12BrN5O. The van der Waals surface area contributed by atoms with E-state index in [1.54, 1.807) is 0 Å². The molecule has 0 saturated carbocycles. The highest BCUT2D eigenvalue weighted by atomic mass is 79.9. The molecule has 1 atom stereocenters. The second-order valence-electron chi connectivity index (χ2n) is 5.45. The second-order valence-corrected chi connectivity index (χ2v) is 6.37. The number of hydrogen-bond acceptors (Lipinski definition) is 4. The molecule has 1 unspecified atom stereocenters. The molecule has 0 fully saturated rings. The third-order valence-electron chi connectivity index (χ3n) is 3.84. The van der Waals surface area contributed by atoms with Crippen LogP contribution >= 0.6 is 15.9 Å². The molecule has 0 saturated heterocycles. The Morgan fingerprint density at radius 2 is 1.96 bits per heavy atom. The predicted molar refractivity (Wildman–Crippen MR) is 95.4 cm³/mol. The van der Waals surface area contributed by atoms with Crippen molar-refractivity contribution in [2.45, 2.75) is 12.5 Å². The summed E-state index contributed by atoms with van der Waals surface area (Å²) in [5, 5.41) is 19.3. The minimum absolute atomic E-state index is 0.0380. The smallest absolute Gasteiger partial charge is 0.276 e. The summed E-state index contributed by atoms with van der Waals surface area (Å²) >= 11 is 3.40. The van der Waals surface area contributed by atoms with Crippen LogP contribution in [0, 0.1) is 0 Å². The van der Waals surface area contributed by atoms with Crippen LogP contribution in [-0.4, -0.2) is 17.5 Å². The van der Waals surface area contributed by atoms with Crippen LogP contribution in [0.1, 0.15) is 23.6 Å². The molecule has 0 spiro atoms. The van der Waals surface area contributed by atoms with Crippen molar-refractivity contribution in [3.05, 3.63) is 64.1 Å². The fourth-order valence-corrected chi connectivity index (χ4v) is 3.00. The SMILES string of the molecule is O=C1Nc2ccc(Br)cc2/C1=N/N=C1/CC(c2ccccc2)N=N1. The summed E-state index contributed by atoms with van der Waals surface area (Å²) in [5.74, 6) is 0.259. The zero-order chi connectivity index (χ0) is 16.5. The van der Waals surface area contributed by atoms with Crippen molar-refractivity contribution in [1.82, 2.24) is 0 Å². The molecule has 1 amide bonds. The summed E-state index contributed by atoms with van der Waals surface area (Å²) in [6.07, 6.45) is 0.577. The molecule has 6 nitrogen and oxygen atoms in total. The van der Waals surface area contributed by atoms with Crippen molar-refractivity contribution in [2.24, 2.45) is 20.4 Å². The highest BCUT2D eigenvalue weighted by Gasteiger charge is 2.27. The van der Waals surface area contributed by atoms with Gasteiger partial charge in [0.15, 0.2) is 11.5 Å². The maximum atomic E-state index is 12.1. The molecule has 0 aromatic heterocycles. The molecule has 118 valence electrons. The lowest BCUT2D eigenvalue weighted by atomic mass is 10.1. The van der Waals surface area contributed by atoms with Gasteiger partial charge in [0.1, 0.15) is 6.04 Å². The van der Waals surface area contributed by atoms with E-state index in [1.807, 2.05) is 48.5 Å². The van der Waals surface area contributed by atoms with Gasteiger partial charge in [-0.3, -0.25) is 4.79 Å². The number of benzene rings is 2. The lowest BCUT2D eigenvalue weighted by molar-refractivity contribution is -0.110. The van der Waals surface area contributed by atoms with Crippen molar-refractivity contribution in [1.29, 1.82) is 0 Å². The molecule has 2 aromatic rings. The molecule has 2 aromatic carbocycles. The Morgan fingerprint density at radius 1 is 1.12 bits per heavy atom. The first-order chi connectivity index (χ1) is 11.7. The summed E-state index contributed by atoms with van der Waals surface area (Å²) in [4.78, 5) is 12.1. The van der Waals surface area contributed by atoms with Crippen LogP contribution in [0.2, 0.25) is 0 Å². The number of hydrogen-bond donors (Lipinski definition) is 1. The first kappa shape index (κ1) is 14.9. The minimum atomic E-state index is -0.262. The van der Waals surface area contributed by atoms with E-state index in [9.17, 15) is 4.79 Å². The van der Waals surface area contributed by atoms with E-state index in [1.165, 1.54) is 0 Å². The first-order valence-electron chi connectivity index (χ1n) is 7.42. The molecule has 2 heterocycles. The maximum Gasteiger partial charge on any atom is 0.276 e. The van der Waals surface area contributed by atoms with Crippen LogP contribution in [0.25, 0.3) is 0 Å². The number of halogens is 1. The van der Waals surface area contributed by atoms with Crippen molar-refractivity contribution < 1.29 is 4.79 Å². The summed E-state index contributed by atoms with van der Waals surface area (Å²) in [6.45, 7) is 0. The van der Waals surface area contributed by atoms with E-state index in [0.29, 0.717) is 12.3 Å². The largest absolute Gasteiger partial charge is 0.320 e. The molecule has 0 radical (unpaired) electrons. The van der Waals surface area contributed by atoms with E-state index in [0.717, 1.165) is 21.3 Å². The second kappa shape index (κ2) is 6.09. The van der Waals surface area contributed by atoms with Gasteiger partial charge in [0.2, 0.25) is 0 Å². The van der Waals surface area contributed by atoms with Gasteiger partial charge in [0.05, 0.1) is 5.69 Å². The van der Waals surface area contributed by atoms with Crippen molar-refractivity contribution in [3.63, 3.8) is 0 Å². The van der Waals surface area contributed by atoms with Gasteiger partial charge in [0, 0.05) is 16.5 Å². The Labute approximate surface area is 146 Å². The number of carbonyl (C=O) groups excluding carboxylic acids is 1. The Kier molecular flexibility index (Phi) is 3.78. The monoisotopic (exact) mass is 381 g/mol. The van der Waals surface area contributed by atoms with Crippen LogP contribution in [0.15, 0.2) is 73.4 Å². The van der Waals surface area contributed by atoms with Crippen molar-refractivity contribution in [2.75, 3.05) is 5.32 Å². The first-order valence-corrected chi connectivity index (χ1v) is 8.21. The van der Waals surface area contributed by atoms with E-state index in [-0.39, 0.29) is 17.7 Å². The quantitative estimate of drug-likeness (QED) is 0.780. The summed E-state index contributed by atoms with van der Waals surface area (Å²) in [7, 11) is 0. The van der Waals surface area contributed by atoms with E-state index >= 15 is 0 Å². The normalized spacial score (nSPS) is 22.2. The lowest BCUT2D eigenvalue weighted by Gasteiger charge is -2.03. The molecule has 4 rings (SSSR count). The van der Waals surface area contributed by atoms with Crippen LogP contribution in [-0.2, 0) is 4.79 Å². The lowest BCUT2D eigenvalue weighted by Crippen LogP contribution is -2.14. The number of nitrogens with one attached hydrogen (secondary N) is 1. The van der Waals surface area contributed by atoms with Gasteiger partial charge in [-0.25, -0.2) is 0 Å². The van der Waals surface area contributed by atoms with Crippen molar-refractivity contribution in [3.8, 4) is 0 Å². The van der Waals surface area contributed by atoms with Gasteiger partial charge in [-0.05, 0) is 23.8 Å². The highest BCUT2D eigenvalue weighted by Crippen LogP contribution is 2.29. The Balaban J connectivity index is 1.58. The number of anilines is 1. The summed E-state index contributed by atoms with van der Waals surface area (Å²) in [6, 6.07) is 15.4. The average molecular weight is 382 g/mol. The van der Waals surface area contributed by atoms with Gasteiger partial charge in [0.25, 0.3) is 5.91 Å². The number of nitrogens with zero attached hydrogens (tertiary/aromatic N) is 4. The molecule has 7 heteroatoms. The van der Waals surface area contributed by atoms with Crippen molar-refractivity contribution >= 4 is 39.1 Å². The van der Waals surface area contributed by atoms with Gasteiger partial charge in [-0.2, -0.15) is 5.11 Å². The topological polar surface area (TPSA) is 78.5 Å². The zero-order valence-electron chi connectivity index (χ0n) is 12.5. The molecular weight excluding hydrogens is 370 g/mol. The number of amidine groups is 1. The van der Waals surface area contributed by atoms with Crippen LogP contribution < -0.4 is 5.32 Å². The molecule has 0 bridgehead atoms. The highest BCUT2D eigenvalue weighted by molar-refractivity contribution is 9.10. The third kappa shape index (κ3) is 2.78. The van der Waals surface area contributed by atoms with E-state index < -0.39 is 0 Å². The Hall–Kier alpha value is -2.67.